The lowest BCUT2D eigenvalue weighted by Crippen LogP contribution is -2.10. The summed E-state index contributed by atoms with van der Waals surface area (Å²) in [5.74, 6) is 0. The van der Waals surface area contributed by atoms with Crippen LogP contribution in [0.3, 0.4) is 0 Å². The van der Waals surface area contributed by atoms with Crippen LogP contribution in [0.4, 0.5) is 17.1 Å². The van der Waals surface area contributed by atoms with Crippen molar-refractivity contribution in [2.24, 2.45) is 0 Å². The molecule has 0 bridgehead atoms. The van der Waals surface area contributed by atoms with E-state index in [-0.39, 0.29) is 0 Å². The van der Waals surface area contributed by atoms with Gasteiger partial charge in [-0.15, -0.1) is 11.3 Å². The smallest absolute Gasteiger partial charge is 0.0619 e. The Kier molecular flexibility index (Phi) is 6.76. The second-order valence-electron chi connectivity index (χ2n) is 13.7. The van der Waals surface area contributed by atoms with Gasteiger partial charge in [0.05, 0.1) is 16.7 Å². The molecule has 0 amide bonds. The maximum absolute atomic E-state index is 2.44. The summed E-state index contributed by atoms with van der Waals surface area (Å²) in [5, 5.41) is 10.1. The zero-order valence-corrected chi connectivity index (χ0v) is 29.6. The van der Waals surface area contributed by atoms with Crippen LogP contribution in [-0.4, -0.2) is 4.57 Å². The van der Waals surface area contributed by atoms with E-state index in [1.165, 1.54) is 80.3 Å². The van der Waals surface area contributed by atoms with Crippen molar-refractivity contribution >= 4 is 91.9 Å². The topological polar surface area (TPSA) is 8.17 Å². The molecule has 0 unspecified atom stereocenters. The van der Waals surface area contributed by atoms with Gasteiger partial charge >= 0.3 is 0 Å². The fourth-order valence-corrected chi connectivity index (χ4v) is 9.42. The maximum atomic E-state index is 2.44. The highest BCUT2D eigenvalue weighted by Gasteiger charge is 2.20. The molecule has 0 aliphatic heterocycles. The van der Waals surface area contributed by atoms with Crippen LogP contribution in [-0.2, 0) is 0 Å². The molecule has 0 N–H and O–H groups in total. The minimum atomic E-state index is 1.12. The first-order valence-corrected chi connectivity index (χ1v) is 18.9. The van der Waals surface area contributed by atoms with Gasteiger partial charge in [0, 0.05) is 53.4 Å². The van der Waals surface area contributed by atoms with Crippen molar-refractivity contribution in [3.8, 4) is 16.8 Å². The molecule has 2 heterocycles. The predicted octanol–water partition coefficient (Wildman–Crippen LogP) is 14.6. The van der Waals surface area contributed by atoms with Gasteiger partial charge in [-0.2, -0.15) is 0 Å². The lowest BCUT2D eigenvalue weighted by Gasteiger charge is -2.27. The van der Waals surface area contributed by atoms with Crippen LogP contribution in [0.5, 0.6) is 0 Å². The molecule has 248 valence electrons. The molecule has 2 nitrogen and oxygen atoms in total. The quantitative estimate of drug-likeness (QED) is 0.174. The van der Waals surface area contributed by atoms with Crippen molar-refractivity contribution in [3.05, 3.63) is 194 Å². The molecule has 2 aromatic heterocycles. The van der Waals surface area contributed by atoms with Gasteiger partial charge in [-0.3, -0.25) is 0 Å². The van der Waals surface area contributed by atoms with Crippen molar-refractivity contribution in [2.75, 3.05) is 4.90 Å². The lowest BCUT2D eigenvalue weighted by atomic mass is 10.0. The van der Waals surface area contributed by atoms with Crippen molar-refractivity contribution in [3.63, 3.8) is 0 Å². The first kappa shape index (κ1) is 30.0. The van der Waals surface area contributed by atoms with Gasteiger partial charge in [-0.1, -0.05) is 133 Å². The van der Waals surface area contributed by atoms with Gasteiger partial charge in [0.1, 0.15) is 0 Å². The number of hydrogen-bond donors (Lipinski definition) is 0. The largest absolute Gasteiger partial charge is 0.310 e. The molecule has 0 atom stereocenters. The van der Waals surface area contributed by atoms with E-state index < -0.39 is 0 Å². The molecule has 53 heavy (non-hydrogen) atoms. The van der Waals surface area contributed by atoms with E-state index in [1.807, 2.05) is 11.3 Å². The van der Waals surface area contributed by atoms with Gasteiger partial charge in [-0.25, -0.2) is 0 Å². The van der Waals surface area contributed by atoms with E-state index in [1.54, 1.807) is 0 Å². The molecule has 0 aliphatic rings. The first-order valence-electron chi connectivity index (χ1n) is 18.1. The summed E-state index contributed by atoms with van der Waals surface area (Å²) in [6.45, 7) is 0. The molecule has 9 aromatic carbocycles. The van der Waals surface area contributed by atoms with Gasteiger partial charge in [0.25, 0.3) is 0 Å². The second kappa shape index (κ2) is 11.9. The summed E-state index contributed by atoms with van der Waals surface area (Å²) < 4.78 is 5.04. The van der Waals surface area contributed by atoms with Gasteiger partial charge in [-0.05, 0) is 87.9 Å². The molecule has 0 spiro atoms. The molecule has 0 radical (unpaired) electrons. The highest BCUT2D eigenvalue weighted by atomic mass is 32.1. The van der Waals surface area contributed by atoms with Crippen LogP contribution in [0.1, 0.15) is 0 Å². The monoisotopic (exact) mass is 692 g/mol. The maximum Gasteiger partial charge on any atom is 0.0619 e. The highest BCUT2D eigenvalue weighted by molar-refractivity contribution is 7.26. The fourth-order valence-electron chi connectivity index (χ4n) is 8.29. The van der Waals surface area contributed by atoms with Crippen LogP contribution in [0.25, 0.3) is 80.3 Å². The van der Waals surface area contributed by atoms with Crippen LogP contribution in [0.15, 0.2) is 194 Å². The average Bonchev–Trinajstić information content (AvgIpc) is 3.78. The van der Waals surface area contributed by atoms with E-state index in [4.69, 9.17) is 0 Å². The average molecular weight is 693 g/mol. The third kappa shape index (κ3) is 4.78. The van der Waals surface area contributed by atoms with Crippen LogP contribution < -0.4 is 4.90 Å². The van der Waals surface area contributed by atoms with Crippen molar-refractivity contribution in [1.29, 1.82) is 0 Å². The highest BCUT2D eigenvalue weighted by Crippen LogP contribution is 2.46. The Hall–Kier alpha value is -6.68. The summed E-state index contributed by atoms with van der Waals surface area (Å²) >= 11 is 1.86. The zero-order valence-electron chi connectivity index (χ0n) is 28.8. The molecular weight excluding hydrogens is 661 g/mol. The van der Waals surface area contributed by atoms with E-state index in [0.717, 1.165) is 17.1 Å². The number of fused-ring (bicyclic) bond motifs is 9. The Morgan fingerprint density at radius 3 is 1.92 bits per heavy atom. The summed E-state index contributed by atoms with van der Waals surface area (Å²) in [6, 6.07) is 71.0. The summed E-state index contributed by atoms with van der Waals surface area (Å²) in [5.41, 5.74) is 9.44. The predicted molar refractivity (Wildman–Crippen MR) is 229 cm³/mol. The number of hydrogen-bond acceptors (Lipinski definition) is 2. The summed E-state index contributed by atoms with van der Waals surface area (Å²) in [6.07, 6.45) is 0. The third-order valence-electron chi connectivity index (χ3n) is 10.7. The number of rotatable bonds is 5. The lowest BCUT2D eigenvalue weighted by molar-refractivity contribution is 1.19. The molecule has 3 heteroatoms. The molecule has 11 aromatic rings. The Labute approximate surface area is 311 Å². The van der Waals surface area contributed by atoms with E-state index in [2.05, 4.69) is 204 Å². The van der Waals surface area contributed by atoms with Crippen LogP contribution >= 0.6 is 11.3 Å². The first-order chi connectivity index (χ1) is 26.3. The van der Waals surface area contributed by atoms with Crippen molar-refractivity contribution in [2.45, 2.75) is 0 Å². The number of nitrogens with zero attached hydrogens (tertiary/aromatic N) is 2. The number of benzene rings is 9. The molecule has 11 rings (SSSR count). The van der Waals surface area contributed by atoms with Gasteiger partial charge in [0.2, 0.25) is 0 Å². The SMILES string of the molecule is c1ccc(-n2c3cc(-c4ccc(N(c5ccc6ccccc6c5)c5cccc6sc7ccccc7c56)cc4)ccc3c3ccc4ccccc4c32)cc1. The van der Waals surface area contributed by atoms with E-state index in [0.29, 0.717) is 0 Å². The van der Waals surface area contributed by atoms with Gasteiger partial charge in [0.15, 0.2) is 0 Å². The Morgan fingerprint density at radius 2 is 1.06 bits per heavy atom. The Balaban J connectivity index is 1.09. The fraction of sp³-hybridized carbons (Fsp3) is 0. The standard InChI is InChI=1S/C50H32N2S/c1-2-14-38(15-3-1)52-46-32-37(25-29-42(46)43-30-24-35-12-6-7-16-41(35)50(43)52)34-21-26-39(27-22-34)51(40-28-23-33-11-4-5-13-36(33)31-40)45-18-10-20-48-49(45)44-17-8-9-19-47(44)53-48/h1-32H. The van der Waals surface area contributed by atoms with Crippen molar-refractivity contribution < 1.29 is 0 Å². The minimum Gasteiger partial charge on any atom is -0.310 e. The molecule has 0 aliphatic carbocycles. The van der Waals surface area contributed by atoms with Crippen molar-refractivity contribution in [1.82, 2.24) is 4.57 Å². The zero-order chi connectivity index (χ0) is 34.9. The third-order valence-corrected chi connectivity index (χ3v) is 11.9. The Bertz CT molecular complexity index is 3170. The van der Waals surface area contributed by atoms with E-state index >= 15 is 0 Å². The minimum absolute atomic E-state index is 1.12. The van der Waals surface area contributed by atoms with Crippen LogP contribution in [0, 0.1) is 0 Å². The second-order valence-corrected chi connectivity index (χ2v) is 14.8. The number of aromatic nitrogens is 1. The molecule has 0 fully saturated rings. The normalized spacial score (nSPS) is 11.8. The number of thiophene rings is 1. The molecule has 0 saturated carbocycles. The summed E-state index contributed by atoms with van der Waals surface area (Å²) in [7, 11) is 0. The summed E-state index contributed by atoms with van der Waals surface area (Å²) in [4.78, 5) is 2.43. The number of para-hydroxylation sites is 1. The molecule has 0 saturated heterocycles. The number of anilines is 3. The molecular formula is C50H32N2S. The van der Waals surface area contributed by atoms with E-state index in [9.17, 15) is 0 Å². The Morgan fingerprint density at radius 1 is 0.396 bits per heavy atom. The van der Waals surface area contributed by atoms with Gasteiger partial charge < -0.3 is 9.47 Å². The van der Waals surface area contributed by atoms with Crippen LogP contribution in [0.2, 0.25) is 0 Å².